The normalized spacial score (nSPS) is 11.7. The van der Waals surface area contributed by atoms with E-state index in [0.29, 0.717) is 27.9 Å². The van der Waals surface area contributed by atoms with Crippen LogP contribution < -0.4 is 10.3 Å². The lowest BCUT2D eigenvalue weighted by Crippen LogP contribution is -2.29. The van der Waals surface area contributed by atoms with E-state index < -0.39 is 15.3 Å². The Kier molecular flexibility index (Phi) is 7.35. The molecule has 0 saturated carbocycles. The molecule has 12 heteroatoms. The molecular weight excluding hydrogens is 558 g/mol. The number of nitro groups is 2. The highest BCUT2D eigenvalue weighted by Gasteiger charge is 2.23. The molecule has 1 heterocycles. The summed E-state index contributed by atoms with van der Waals surface area (Å²) in [4.78, 5) is 39.4. The summed E-state index contributed by atoms with van der Waals surface area (Å²) >= 11 is 3.37. The van der Waals surface area contributed by atoms with E-state index in [1.165, 1.54) is 47.3 Å². The number of ether oxygens (including phenoxy) is 1. The number of hydrogen-bond acceptors (Lipinski definition) is 8. The second kappa shape index (κ2) is 10.5. The number of nitro benzene ring substituents is 2. The summed E-state index contributed by atoms with van der Waals surface area (Å²) in [5.41, 5.74) is 0.292. The highest BCUT2D eigenvalue weighted by atomic mass is 79.9. The predicted molar refractivity (Wildman–Crippen MR) is 146 cm³/mol. The highest BCUT2D eigenvalue weighted by molar-refractivity contribution is 9.10. The van der Waals surface area contributed by atoms with Gasteiger partial charge in [0.2, 0.25) is 0 Å². The standard InChI is InChI=1S/C26H22BrN5O6/c1-26(2,3)25-29-21-10-7-18(27)13-20(21)24(33)30(25)28-14-17-6-11-23(22(12-17)32(36)37)38-15-16-4-8-19(9-5-16)31(34)35/h4-14H,15H2,1-3H3. The molecule has 0 unspecified atom stereocenters. The molecule has 38 heavy (non-hydrogen) atoms. The van der Waals surface area contributed by atoms with Crippen molar-refractivity contribution in [3.8, 4) is 5.75 Å². The fourth-order valence-electron chi connectivity index (χ4n) is 3.62. The van der Waals surface area contributed by atoms with Gasteiger partial charge in [0, 0.05) is 33.7 Å². The molecule has 0 bridgehead atoms. The second-order valence-corrected chi connectivity index (χ2v) is 10.3. The monoisotopic (exact) mass is 579 g/mol. The zero-order chi connectivity index (χ0) is 27.6. The maximum Gasteiger partial charge on any atom is 0.311 e. The van der Waals surface area contributed by atoms with Crippen molar-refractivity contribution in [3.05, 3.63) is 113 Å². The zero-order valence-corrected chi connectivity index (χ0v) is 22.2. The number of halogens is 1. The van der Waals surface area contributed by atoms with Gasteiger partial charge in [0.05, 0.1) is 27.0 Å². The summed E-state index contributed by atoms with van der Waals surface area (Å²) in [6.45, 7) is 5.71. The van der Waals surface area contributed by atoms with E-state index in [-0.39, 0.29) is 29.3 Å². The van der Waals surface area contributed by atoms with Crippen LogP contribution in [-0.2, 0) is 12.0 Å². The van der Waals surface area contributed by atoms with Crippen molar-refractivity contribution in [1.29, 1.82) is 0 Å². The Labute approximate surface area is 224 Å². The van der Waals surface area contributed by atoms with Crippen LogP contribution in [0.15, 0.2) is 75.0 Å². The van der Waals surface area contributed by atoms with Gasteiger partial charge in [0.25, 0.3) is 11.2 Å². The van der Waals surface area contributed by atoms with Crippen LogP contribution in [0.5, 0.6) is 5.75 Å². The van der Waals surface area contributed by atoms with Crippen LogP contribution in [0.2, 0.25) is 0 Å². The molecule has 1 aromatic heterocycles. The van der Waals surface area contributed by atoms with Crippen LogP contribution in [0.4, 0.5) is 11.4 Å². The summed E-state index contributed by atoms with van der Waals surface area (Å²) in [7, 11) is 0. The average molecular weight is 580 g/mol. The third-order valence-corrected chi connectivity index (χ3v) is 6.02. The summed E-state index contributed by atoms with van der Waals surface area (Å²) in [6.07, 6.45) is 1.36. The molecule has 0 saturated heterocycles. The average Bonchev–Trinajstić information content (AvgIpc) is 2.87. The van der Waals surface area contributed by atoms with Crippen molar-refractivity contribution >= 4 is 44.4 Å². The number of nitrogens with zero attached hydrogens (tertiary/aromatic N) is 5. The first-order valence-electron chi connectivity index (χ1n) is 11.4. The van der Waals surface area contributed by atoms with Gasteiger partial charge in [-0.25, -0.2) is 4.98 Å². The Morgan fingerprint density at radius 2 is 1.74 bits per heavy atom. The topological polar surface area (TPSA) is 143 Å². The van der Waals surface area contributed by atoms with E-state index in [9.17, 15) is 25.0 Å². The summed E-state index contributed by atoms with van der Waals surface area (Å²) in [6, 6.07) is 15.2. The second-order valence-electron chi connectivity index (χ2n) is 9.40. The van der Waals surface area contributed by atoms with Crippen molar-refractivity contribution in [2.24, 2.45) is 5.10 Å². The number of aromatic nitrogens is 2. The minimum Gasteiger partial charge on any atom is -0.482 e. The van der Waals surface area contributed by atoms with Crippen LogP contribution in [0, 0.1) is 20.2 Å². The molecule has 11 nitrogen and oxygen atoms in total. The molecule has 0 fully saturated rings. The van der Waals surface area contributed by atoms with E-state index in [1.807, 2.05) is 20.8 Å². The predicted octanol–water partition coefficient (Wildman–Crippen LogP) is 5.73. The van der Waals surface area contributed by atoms with Crippen LogP contribution in [0.1, 0.15) is 37.7 Å². The van der Waals surface area contributed by atoms with Gasteiger partial charge in [-0.2, -0.15) is 9.78 Å². The van der Waals surface area contributed by atoms with E-state index in [0.717, 1.165) is 4.47 Å². The van der Waals surface area contributed by atoms with E-state index in [4.69, 9.17) is 4.74 Å². The van der Waals surface area contributed by atoms with Crippen molar-refractivity contribution in [1.82, 2.24) is 9.66 Å². The van der Waals surface area contributed by atoms with Crippen LogP contribution in [0.3, 0.4) is 0 Å². The number of rotatable bonds is 7. The van der Waals surface area contributed by atoms with Crippen LogP contribution >= 0.6 is 15.9 Å². The Hall–Kier alpha value is -4.45. The molecule has 4 rings (SSSR count). The molecule has 3 aromatic carbocycles. The van der Waals surface area contributed by atoms with Gasteiger partial charge in [0.15, 0.2) is 5.75 Å². The summed E-state index contributed by atoms with van der Waals surface area (Å²) < 4.78 is 7.55. The minimum absolute atomic E-state index is 0.0189. The fourth-order valence-corrected chi connectivity index (χ4v) is 3.98. The first-order chi connectivity index (χ1) is 17.9. The molecule has 0 atom stereocenters. The molecule has 0 aliphatic heterocycles. The van der Waals surface area contributed by atoms with Gasteiger partial charge in [0.1, 0.15) is 12.4 Å². The summed E-state index contributed by atoms with van der Waals surface area (Å²) in [5, 5.41) is 27.3. The molecule has 194 valence electrons. The van der Waals surface area contributed by atoms with Crippen LogP contribution in [0.25, 0.3) is 10.9 Å². The van der Waals surface area contributed by atoms with Gasteiger partial charge >= 0.3 is 5.69 Å². The molecule has 0 amide bonds. The van der Waals surface area contributed by atoms with Gasteiger partial charge in [-0.05, 0) is 48.0 Å². The maximum absolute atomic E-state index is 13.3. The van der Waals surface area contributed by atoms with Crippen molar-refractivity contribution in [2.75, 3.05) is 0 Å². The van der Waals surface area contributed by atoms with Crippen molar-refractivity contribution in [2.45, 2.75) is 32.8 Å². The van der Waals surface area contributed by atoms with Crippen molar-refractivity contribution in [3.63, 3.8) is 0 Å². The lowest BCUT2D eigenvalue weighted by Gasteiger charge is -2.20. The fraction of sp³-hybridized carbons (Fsp3) is 0.192. The molecule has 0 N–H and O–H groups in total. The van der Waals surface area contributed by atoms with Crippen LogP contribution in [-0.4, -0.2) is 25.7 Å². The third-order valence-electron chi connectivity index (χ3n) is 5.52. The maximum atomic E-state index is 13.3. The Morgan fingerprint density at radius 1 is 1.03 bits per heavy atom. The largest absolute Gasteiger partial charge is 0.482 e. The zero-order valence-electron chi connectivity index (χ0n) is 20.6. The first kappa shape index (κ1) is 26.6. The molecule has 4 aromatic rings. The smallest absolute Gasteiger partial charge is 0.311 e. The molecule has 0 radical (unpaired) electrons. The molecule has 0 aliphatic rings. The Bertz CT molecular complexity index is 1640. The van der Waals surface area contributed by atoms with Gasteiger partial charge in [-0.3, -0.25) is 25.0 Å². The van der Waals surface area contributed by atoms with Gasteiger partial charge in [-0.15, -0.1) is 0 Å². The molecular formula is C26H22BrN5O6. The first-order valence-corrected chi connectivity index (χ1v) is 12.1. The summed E-state index contributed by atoms with van der Waals surface area (Å²) in [5.74, 6) is 0.460. The van der Waals surface area contributed by atoms with E-state index in [1.54, 1.807) is 24.3 Å². The van der Waals surface area contributed by atoms with Crippen molar-refractivity contribution < 1.29 is 14.6 Å². The number of hydrogen-bond donors (Lipinski definition) is 0. The molecule has 0 spiro atoms. The number of non-ortho nitro benzene ring substituents is 1. The van der Waals surface area contributed by atoms with Gasteiger partial charge < -0.3 is 4.74 Å². The van der Waals surface area contributed by atoms with E-state index >= 15 is 0 Å². The number of benzene rings is 3. The van der Waals surface area contributed by atoms with E-state index in [2.05, 4.69) is 26.0 Å². The SMILES string of the molecule is CC(C)(C)c1nc2ccc(Br)cc2c(=O)n1N=Cc1ccc(OCc2ccc([N+](=O)[O-])cc2)c([N+](=O)[O-])c1. The van der Waals surface area contributed by atoms with Gasteiger partial charge in [-0.1, -0.05) is 36.7 Å². The lowest BCUT2D eigenvalue weighted by molar-refractivity contribution is -0.386. The lowest BCUT2D eigenvalue weighted by atomic mass is 9.95. The Morgan fingerprint density at radius 3 is 2.37 bits per heavy atom. The number of fused-ring (bicyclic) bond motifs is 1. The quantitative estimate of drug-likeness (QED) is 0.154. The minimum atomic E-state index is -0.579. The highest BCUT2D eigenvalue weighted by Crippen LogP contribution is 2.29. The Balaban J connectivity index is 1.66. The third kappa shape index (κ3) is 5.75. The molecule has 0 aliphatic carbocycles.